The van der Waals surface area contributed by atoms with Crippen LogP contribution in [0.25, 0.3) is 11.1 Å². The van der Waals surface area contributed by atoms with Gasteiger partial charge in [-0.2, -0.15) is 0 Å². The van der Waals surface area contributed by atoms with Crippen molar-refractivity contribution < 1.29 is 4.79 Å². The van der Waals surface area contributed by atoms with Crippen molar-refractivity contribution in [3.8, 4) is 23.5 Å². The molecule has 1 aromatic carbocycles. The maximum Gasteiger partial charge on any atom is 0.271 e. The summed E-state index contributed by atoms with van der Waals surface area (Å²) >= 11 is 1.28. The Morgan fingerprint density at radius 1 is 1.26 bits per heavy atom. The number of terminal acetylenes is 1. The lowest BCUT2D eigenvalue weighted by molar-refractivity contribution is 0.0946. The summed E-state index contributed by atoms with van der Waals surface area (Å²) in [6, 6.07) is 11.9. The minimum absolute atomic E-state index is 0.227. The van der Waals surface area contributed by atoms with Gasteiger partial charge in [0.15, 0.2) is 5.01 Å². The molecule has 0 saturated heterocycles. The van der Waals surface area contributed by atoms with E-state index < -0.39 is 0 Å². The van der Waals surface area contributed by atoms with Crippen molar-refractivity contribution in [3.63, 3.8) is 0 Å². The highest BCUT2D eigenvalue weighted by atomic mass is 32.1. The van der Waals surface area contributed by atoms with Crippen molar-refractivity contribution in [1.82, 2.24) is 15.3 Å². The van der Waals surface area contributed by atoms with Crippen LogP contribution in [0.3, 0.4) is 0 Å². The first kappa shape index (κ1) is 14.9. The van der Waals surface area contributed by atoms with E-state index in [-0.39, 0.29) is 5.91 Å². The Kier molecular flexibility index (Phi) is 4.46. The summed E-state index contributed by atoms with van der Waals surface area (Å²) in [5.41, 5.74) is 3.46. The van der Waals surface area contributed by atoms with E-state index in [2.05, 4.69) is 21.2 Å². The van der Waals surface area contributed by atoms with E-state index in [0.717, 1.165) is 16.7 Å². The standard InChI is InChI=1S/C18H13N3OS/c1-2-17-21-16(12-23-17)18(22)20-10-13-5-3-6-14(9-13)15-7-4-8-19-11-15/h1,3-9,11-12H,10H2,(H,20,22). The average Bonchev–Trinajstić information content (AvgIpc) is 3.10. The second kappa shape index (κ2) is 6.86. The van der Waals surface area contributed by atoms with Gasteiger partial charge in [-0.1, -0.05) is 24.3 Å². The van der Waals surface area contributed by atoms with Gasteiger partial charge in [0.25, 0.3) is 5.91 Å². The lowest BCUT2D eigenvalue weighted by Gasteiger charge is -2.06. The van der Waals surface area contributed by atoms with Gasteiger partial charge in [-0.25, -0.2) is 4.98 Å². The number of carbonyl (C=O) groups is 1. The first-order chi connectivity index (χ1) is 11.3. The van der Waals surface area contributed by atoms with Crippen LogP contribution < -0.4 is 5.32 Å². The molecule has 1 amide bonds. The zero-order valence-electron chi connectivity index (χ0n) is 12.2. The predicted octanol–water partition coefficient (Wildman–Crippen LogP) is 3.12. The third-order valence-electron chi connectivity index (χ3n) is 3.24. The van der Waals surface area contributed by atoms with Crippen LogP contribution >= 0.6 is 11.3 Å². The minimum atomic E-state index is -0.227. The van der Waals surface area contributed by atoms with Crippen molar-refractivity contribution in [1.29, 1.82) is 0 Å². The van der Waals surface area contributed by atoms with Crippen molar-refractivity contribution in [2.24, 2.45) is 0 Å². The molecule has 0 bridgehead atoms. The van der Waals surface area contributed by atoms with Gasteiger partial charge in [-0.05, 0) is 34.7 Å². The molecule has 0 unspecified atom stereocenters. The van der Waals surface area contributed by atoms with Gasteiger partial charge in [-0.15, -0.1) is 17.8 Å². The van der Waals surface area contributed by atoms with Gasteiger partial charge >= 0.3 is 0 Å². The minimum Gasteiger partial charge on any atom is -0.347 e. The topological polar surface area (TPSA) is 54.9 Å². The van der Waals surface area contributed by atoms with Crippen LogP contribution in [0.4, 0.5) is 0 Å². The summed E-state index contributed by atoms with van der Waals surface area (Å²) in [4.78, 5) is 20.2. The number of nitrogens with one attached hydrogen (secondary N) is 1. The van der Waals surface area contributed by atoms with Crippen LogP contribution in [-0.2, 0) is 6.54 Å². The summed E-state index contributed by atoms with van der Waals surface area (Å²) in [6.07, 6.45) is 8.82. The molecule has 0 radical (unpaired) electrons. The number of rotatable bonds is 4. The van der Waals surface area contributed by atoms with E-state index in [1.807, 2.05) is 42.6 Å². The highest BCUT2D eigenvalue weighted by molar-refractivity contribution is 7.10. The van der Waals surface area contributed by atoms with Crippen LogP contribution in [0.1, 0.15) is 21.1 Å². The van der Waals surface area contributed by atoms with E-state index >= 15 is 0 Å². The second-order valence-corrected chi connectivity index (χ2v) is 5.67. The molecule has 0 spiro atoms. The van der Waals surface area contributed by atoms with Gasteiger partial charge < -0.3 is 5.32 Å². The number of hydrogen-bond acceptors (Lipinski definition) is 4. The Hall–Kier alpha value is -2.97. The third kappa shape index (κ3) is 3.62. The Labute approximate surface area is 138 Å². The number of carbonyl (C=O) groups excluding carboxylic acids is 1. The summed E-state index contributed by atoms with van der Waals surface area (Å²) in [5, 5.41) is 5.02. The van der Waals surface area contributed by atoms with Crippen LogP contribution in [-0.4, -0.2) is 15.9 Å². The fourth-order valence-electron chi connectivity index (χ4n) is 2.11. The van der Waals surface area contributed by atoms with Crippen molar-refractivity contribution >= 4 is 17.2 Å². The fraction of sp³-hybridized carbons (Fsp3) is 0.0556. The molecule has 0 fully saturated rings. The molecule has 0 aliphatic heterocycles. The summed E-state index contributed by atoms with van der Waals surface area (Å²) < 4.78 is 0. The van der Waals surface area contributed by atoms with E-state index in [9.17, 15) is 4.79 Å². The first-order valence-electron chi connectivity index (χ1n) is 6.96. The molecule has 2 aromatic heterocycles. The Morgan fingerprint density at radius 2 is 2.13 bits per heavy atom. The van der Waals surface area contributed by atoms with Gasteiger partial charge in [0, 0.05) is 24.3 Å². The molecular formula is C18H13N3OS. The van der Waals surface area contributed by atoms with Gasteiger partial charge in [0.2, 0.25) is 0 Å². The molecule has 0 aliphatic carbocycles. The van der Waals surface area contributed by atoms with Crippen molar-refractivity contribution in [2.75, 3.05) is 0 Å². The van der Waals surface area contributed by atoms with E-state index in [0.29, 0.717) is 17.2 Å². The van der Waals surface area contributed by atoms with Crippen LogP contribution in [0, 0.1) is 12.3 Å². The molecule has 0 atom stereocenters. The monoisotopic (exact) mass is 319 g/mol. The van der Waals surface area contributed by atoms with Crippen LogP contribution in [0.5, 0.6) is 0 Å². The van der Waals surface area contributed by atoms with Gasteiger partial charge in [0.05, 0.1) is 0 Å². The zero-order chi connectivity index (χ0) is 16.1. The number of nitrogens with zero attached hydrogens (tertiary/aromatic N) is 2. The summed E-state index contributed by atoms with van der Waals surface area (Å²) in [7, 11) is 0. The molecule has 0 saturated carbocycles. The van der Waals surface area contributed by atoms with E-state index in [1.165, 1.54) is 11.3 Å². The molecule has 0 aliphatic rings. The average molecular weight is 319 g/mol. The number of pyridine rings is 1. The fourth-order valence-corrected chi connectivity index (χ4v) is 2.71. The third-order valence-corrected chi connectivity index (χ3v) is 4.01. The second-order valence-electron chi connectivity index (χ2n) is 4.81. The van der Waals surface area contributed by atoms with Crippen LogP contribution in [0.15, 0.2) is 54.2 Å². The predicted molar refractivity (Wildman–Crippen MR) is 90.9 cm³/mol. The SMILES string of the molecule is C#Cc1nc(C(=O)NCc2cccc(-c3cccnc3)c2)cs1. The lowest BCUT2D eigenvalue weighted by Crippen LogP contribution is -2.23. The van der Waals surface area contributed by atoms with Crippen molar-refractivity contribution in [3.05, 3.63) is 70.4 Å². The Balaban J connectivity index is 1.69. The Morgan fingerprint density at radius 3 is 2.87 bits per heavy atom. The molecule has 5 heteroatoms. The van der Waals surface area contributed by atoms with E-state index in [1.54, 1.807) is 11.6 Å². The maximum atomic E-state index is 12.1. The molecular weight excluding hydrogens is 306 g/mol. The maximum absolute atomic E-state index is 12.1. The first-order valence-corrected chi connectivity index (χ1v) is 7.84. The highest BCUT2D eigenvalue weighted by Crippen LogP contribution is 2.19. The summed E-state index contributed by atoms with van der Waals surface area (Å²) in [6.45, 7) is 0.426. The molecule has 23 heavy (non-hydrogen) atoms. The smallest absolute Gasteiger partial charge is 0.271 e. The normalized spacial score (nSPS) is 10.0. The molecule has 4 nitrogen and oxygen atoms in total. The quantitative estimate of drug-likeness (QED) is 0.752. The lowest BCUT2D eigenvalue weighted by atomic mass is 10.0. The molecule has 2 heterocycles. The zero-order valence-corrected chi connectivity index (χ0v) is 13.0. The molecule has 112 valence electrons. The number of thiazole rings is 1. The number of benzene rings is 1. The van der Waals surface area contributed by atoms with Gasteiger partial charge in [-0.3, -0.25) is 9.78 Å². The molecule has 1 N–H and O–H groups in total. The number of hydrogen-bond donors (Lipinski definition) is 1. The Bertz CT molecular complexity index is 865. The van der Waals surface area contributed by atoms with Gasteiger partial charge in [0.1, 0.15) is 5.69 Å². The van der Waals surface area contributed by atoms with Crippen molar-refractivity contribution in [2.45, 2.75) is 6.54 Å². The highest BCUT2D eigenvalue weighted by Gasteiger charge is 2.09. The number of amides is 1. The van der Waals surface area contributed by atoms with Crippen LogP contribution in [0.2, 0.25) is 0 Å². The molecule has 3 rings (SSSR count). The summed E-state index contributed by atoms with van der Waals surface area (Å²) in [5.74, 6) is 2.20. The molecule has 3 aromatic rings. The number of aromatic nitrogens is 2. The largest absolute Gasteiger partial charge is 0.347 e. The van der Waals surface area contributed by atoms with E-state index in [4.69, 9.17) is 6.42 Å².